The smallest absolute Gasteiger partial charge is 0.251 e. The van der Waals surface area contributed by atoms with E-state index < -0.39 is 0 Å². The summed E-state index contributed by atoms with van der Waals surface area (Å²) in [6.45, 7) is 3.79. The van der Waals surface area contributed by atoms with Crippen molar-refractivity contribution in [2.75, 3.05) is 18.0 Å². The van der Waals surface area contributed by atoms with Crippen LogP contribution in [-0.2, 0) is 6.42 Å². The number of carbonyl (C=O) groups excluding carboxylic acids is 1. The summed E-state index contributed by atoms with van der Waals surface area (Å²) in [5, 5.41) is 12.8. The van der Waals surface area contributed by atoms with Crippen molar-refractivity contribution < 1.29 is 4.79 Å². The zero-order chi connectivity index (χ0) is 17.9. The Bertz CT molecular complexity index is 870. The summed E-state index contributed by atoms with van der Waals surface area (Å²) in [4.78, 5) is 15.9. The van der Waals surface area contributed by atoms with Crippen LogP contribution in [0, 0.1) is 0 Å². The molecule has 0 unspecified atom stereocenters. The molecule has 3 heterocycles. The van der Waals surface area contributed by atoms with Crippen LogP contribution in [0.2, 0.25) is 0 Å². The zero-order valence-electron chi connectivity index (χ0n) is 14.7. The molecule has 2 N–H and O–H groups in total. The fraction of sp³-hybridized carbons (Fsp3) is 0.300. The molecule has 2 aromatic heterocycles. The Hall–Kier alpha value is -2.60. The van der Waals surface area contributed by atoms with Gasteiger partial charge in [0, 0.05) is 30.8 Å². The molecule has 1 saturated heterocycles. The van der Waals surface area contributed by atoms with E-state index in [0.29, 0.717) is 0 Å². The van der Waals surface area contributed by atoms with E-state index in [1.807, 2.05) is 30.3 Å². The molecule has 1 aromatic carbocycles. The van der Waals surface area contributed by atoms with Crippen molar-refractivity contribution in [1.29, 1.82) is 0 Å². The first-order valence-corrected chi connectivity index (χ1v) is 9.85. The number of aryl methyl sites for hydroxylation is 1. The van der Waals surface area contributed by atoms with E-state index in [4.69, 9.17) is 0 Å². The quantitative estimate of drug-likeness (QED) is 0.724. The van der Waals surface area contributed by atoms with Gasteiger partial charge in [-0.1, -0.05) is 25.1 Å². The third-order valence-electron chi connectivity index (χ3n) is 4.82. The lowest BCUT2D eigenvalue weighted by molar-refractivity contribution is 0.0940. The van der Waals surface area contributed by atoms with Crippen molar-refractivity contribution >= 4 is 23.1 Å². The van der Waals surface area contributed by atoms with Crippen molar-refractivity contribution in [1.82, 2.24) is 15.5 Å². The van der Waals surface area contributed by atoms with Crippen LogP contribution < -0.4 is 10.2 Å². The first kappa shape index (κ1) is 16.8. The molecule has 4 rings (SSSR count). The molecule has 3 aromatic rings. The third-order valence-corrected chi connectivity index (χ3v) is 5.73. The van der Waals surface area contributed by atoms with Crippen LogP contribution in [0.3, 0.4) is 0 Å². The number of thiophene rings is 1. The average Bonchev–Trinajstić information content (AvgIpc) is 3.41. The van der Waals surface area contributed by atoms with Gasteiger partial charge >= 0.3 is 0 Å². The Labute approximate surface area is 157 Å². The van der Waals surface area contributed by atoms with E-state index in [1.54, 1.807) is 11.3 Å². The Morgan fingerprint density at radius 2 is 2.19 bits per heavy atom. The van der Waals surface area contributed by atoms with Crippen molar-refractivity contribution in [2.24, 2.45) is 0 Å². The maximum atomic E-state index is 12.5. The van der Waals surface area contributed by atoms with E-state index in [0.717, 1.165) is 43.0 Å². The molecule has 1 aliphatic heterocycles. The minimum absolute atomic E-state index is 0.000746. The van der Waals surface area contributed by atoms with E-state index >= 15 is 0 Å². The van der Waals surface area contributed by atoms with E-state index in [2.05, 4.69) is 44.9 Å². The van der Waals surface area contributed by atoms with Crippen molar-refractivity contribution in [2.45, 2.75) is 25.8 Å². The highest BCUT2D eigenvalue weighted by molar-refractivity contribution is 7.13. The average molecular weight is 366 g/mol. The van der Waals surface area contributed by atoms with E-state index in [1.165, 1.54) is 10.4 Å². The van der Waals surface area contributed by atoms with Gasteiger partial charge in [0.05, 0.1) is 10.6 Å². The van der Waals surface area contributed by atoms with Gasteiger partial charge in [0.15, 0.2) is 5.82 Å². The third kappa shape index (κ3) is 3.51. The SMILES string of the molecule is CCc1ccc(C(=O)N[C@@H]2CCN(c3cc(-c4cccs4)[nH]n3)C2)cc1. The highest BCUT2D eigenvalue weighted by Gasteiger charge is 2.26. The highest BCUT2D eigenvalue weighted by atomic mass is 32.1. The summed E-state index contributed by atoms with van der Waals surface area (Å²) in [5.74, 6) is 0.943. The molecule has 0 aliphatic carbocycles. The summed E-state index contributed by atoms with van der Waals surface area (Å²) < 4.78 is 0. The van der Waals surface area contributed by atoms with Crippen LogP contribution in [0.5, 0.6) is 0 Å². The fourth-order valence-corrected chi connectivity index (χ4v) is 3.97. The molecule has 5 nitrogen and oxygen atoms in total. The van der Waals surface area contributed by atoms with Gasteiger partial charge in [0.1, 0.15) is 0 Å². The molecule has 1 aliphatic rings. The largest absolute Gasteiger partial charge is 0.353 e. The standard InChI is InChI=1S/C20H22N4OS/c1-2-14-5-7-15(8-6-14)20(25)21-16-9-10-24(13-16)19-12-17(22-23-19)18-4-3-11-26-18/h3-8,11-12,16H,2,9-10,13H2,1H3,(H,21,25)(H,22,23)/t16-/m1/s1. The molecule has 0 bridgehead atoms. The molecule has 0 spiro atoms. The van der Waals surface area contributed by atoms with Gasteiger partial charge in [-0.3, -0.25) is 9.89 Å². The van der Waals surface area contributed by atoms with Crippen LogP contribution in [0.15, 0.2) is 47.8 Å². The van der Waals surface area contributed by atoms with Crippen LogP contribution in [0.25, 0.3) is 10.6 Å². The molecule has 1 amide bonds. The monoisotopic (exact) mass is 366 g/mol. The van der Waals surface area contributed by atoms with E-state index in [9.17, 15) is 4.79 Å². The molecule has 1 atom stereocenters. The van der Waals surface area contributed by atoms with Gasteiger partial charge in [0.2, 0.25) is 0 Å². The summed E-state index contributed by atoms with van der Waals surface area (Å²) >= 11 is 1.69. The summed E-state index contributed by atoms with van der Waals surface area (Å²) in [7, 11) is 0. The number of nitrogens with zero attached hydrogens (tertiary/aromatic N) is 2. The first-order valence-electron chi connectivity index (χ1n) is 8.97. The number of rotatable bonds is 5. The topological polar surface area (TPSA) is 61.0 Å². The molecule has 134 valence electrons. The van der Waals surface area contributed by atoms with Crippen LogP contribution in [0.4, 0.5) is 5.82 Å². The maximum Gasteiger partial charge on any atom is 0.251 e. The molecule has 26 heavy (non-hydrogen) atoms. The van der Waals surface area contributed by atoms with Gasteiger partial charge in [-0.05, 0) is 42.0 Å². The number of aromatic amines is 1. The Kier molecular flexibility index (Phi) is 4.75. The van der Waals surface area contributed by atoms with Crippen LogP contribution in [-0.4, -0.2) is 35.2 Å². The van der Waals surface area contributed by atoms with Gasteiger partial charge in [-0.2, -0.15) is 5.10 Å². The minimum atomic E-state index is 0.000746. The molecular formula is C20H22N4OS. The number of H-pyrrole nitrogens is 1. The number of hydrogen-bond acceptors (Lipinski definition) is 4. The van der Waals surface area contributed by atoms with Crippen molar-refractivity contribution in [3.63, 3.8) is 0 Å². The fourth-order valence-electron chi connectivity index (χ4n) is 3.28. The lowest BCUT2D eigenvalue weighted by atomic mass is 10.1. The van der Waals surface area contributed by atoms with Gasteiger partial charge < -0.3 is 10.2 Å². The van der Waals surface area contributed by atoms with Crippen LogP contribution in [0.1, 0.15) is 29.3 Å². The second-order valence-corrected chi connectivity index (χ2v) is 7.52. The molecule has 1 fully saturated rings. The van der Waals surface area contributed by atoms with Gasteiger partial charge in [-0.15, -0.1) is 11.3 Å². The maximum absolute atomic E-state index is 12.5. The molecule has 0 saturated carbocycles. The molecule has 6 heteroatoms. The number of nitrogens with one attached hydrogen (secondary N) is 2. The number of hydrogen-bond donors (Lipinski definition) is 2. The Morgan fingerprint density at radius 1 is 1.35 bits per heavy atom. The number of carbonyl (C=O) groups is 1. The van der Waals surface area contributed by atoms with Gasteiger partial charge in [-0.25, -0.2) is 0 Å². The molecular weight excluding hydrogens is 344 g/mol. The molecule has 0 radical (unpaired) electrons. The lowest BCUT2D eigenvalue weighted by Crippen LogP contribution is -2.37. The summed E-state index contributed by atoms with van der Waals surface area (Å²) in [6.07, 6.45) is 1.91. The number of benzene rings is 1. The predicted octanol–water partition coefficient (Wildman–Crippen LogP) is 3.71. The highest BCUT2D eigenvalue weighted by Crippen LogP contribution is 2.27. The van der Waals surface area contributed by atoms with Crippen molar-refractivity contribution in [3.8, 4) is 10.6 Å². The number of anilines is 1. The summed E-state index contributed by atoms with van der Waals surface area (Å²) in [6, 6.07) is 14.2. The van der Waals surface area contributed by atoms with Gasteiger partial charge in [0.25, 0.3) is 5.91 Å². The minimum Gasteiger partial charge on any atom is -0.353 e. The van der Waals surface area contributed by atoms with Crippen molar-refractivity contribution in [3.05, 3.63) is 59.0 Å². The van der Waals surface area contributed by atoms with Crippen LogP contribution >= 0.6 is 11.3 Å². The second-order valence-electron chi connectivity index (χ2n) is 6.57. The number of aromatic nitrogens is 2. The lowest BCUT2D eigenvalue weighted by Gasteiger charge is -2.16. The predicted molar refractivity (Wildman–Crippen MR) is 106 cm³/mol. The number of amides is 1. The second kappa shape index (κ2) is 7.33. The summed E-state index contributed by atoms with van der Waals surface area (Å²) in [5.41, 5.74) is 3.01. The Morgan fingerprint density at radius 3 is 2.92 bits per heavy atom. The Balaban J connectivity index is 1.37. The normalized spacial score (nSPS) is 16.8. The first-order chi connectivity index (χ1) is 12.7. The zero-order valence-corrected chi connectivity index (χ0v) is 15.6. The van der Waals surface area contributed by atoms with E-state index in [-0.39, 0.29) is 11.9 Å².